The van der Waals surface area contributed by atoms with Gasteiger partial charge in [0.1, 0.15) is 11.1 Å². The van der Waals surface area contributed by atoms with Crippen molar-refractivity contribution in [1.82, 2.24) is 15.1 Å². The molecule has 0 N–H and O–H groups in total. The lowest BCUT2D eigenvalue weighted by Crippen LogP contribution is -2.13. The number of thiazole rings is 1. The molecular formula is C19H22FN3O3S2. The summed E-state index contributed by atoms with van der Waals surface area (Å²) < 4.78 is 44.4. The van der Waals surface area contributed by atoms with Crippen LogP contribution in [0.4, 0.5) is 4.39 Å². The maximum absolute atomic E-state index is 13.8. The van der Waals surface area contributed by atoms with Crippen molar-refractivity contribution in [1.29, 1.82) is 0 Å². The number of hydrogen-bond donors (Lipinski definition) is 0. The van der Waals surface area contributed by atoms with Crippen molar-refractivity contribution in [2.45, 2.75) is 51.0 Å². The van der Waals surface area contributed by atoms with Crippen molar-refractivity contribution >= 4 is 21.2 Å². The fourth-order valence-corrected chi connectivity index (χ4v) is 4.75. The van der Waals surface area contributed by atoms with E-state index in [1.54, 1.807) is 24.4 Å². The highest BCUT2D eigenvalue weighted by atomic mass is 32.2. The van der Waals surface area contributed by atoms with E-state index in [9.17, 15) is 12.8 Å². The summed E-state index contributed by atoms with van der Waals surface area (Å²) >= 11 is 1.48. The average Bonchev–Trinajstić information content (AvgIpc) is 3.31. The van der Waals surface area contributed by atoms with Crippen molar-refractivity contribution < 1.29 is 17.3 Å². The summed E-state index contributed by atoms with van der Waals surface area (Å²) in [7, 11) is -3.58. The number of sulfone groups is 1. The van der Waals surface area contributed by atoms with Crippen LogP contribution in [0, 0.1) is 12.7 Å². The molecule has 1 unspecified atom stereocenters. The zero-order valence-electron chi connectivity index (χ0n) is 16.0. The quantitative estimate of drug-likeness (QED) is 0.524. The summed E-state index contributed by atoms with van der Waals surface area (Å²) in [6.45, 7) is 5.26. The van der Waals surface area contributed by atoms with E-state index in [4.69, 9.17) is 4.52 Å². The highest BCUT2D eigenvalue weighted by Gasteiger charge is 2.29. The van der Waals surface area contributed by atoms with Crippen molar-refractivity contribution in [3.8, 4) is 11.4 Å². The van der Waals surface area contributed by atoms with Gasteiger partial charge in [-0.15, -0.1) is 11.3 Å². The number of hydrogen-bond acceptors (Lipinski definition) is 7. The Morgan fingerprint density at radius 2 is 2.07 bits per heavy atom. The summed E-state index contributed by atoms with van der Waals surface area (Å²) in [5.41, 5.74) is 1.47. The van der Waals surface area contributed by atoms with Crippen LogP contribution in [-0.4, -0.2) is 23.5 Å². The first-order valence-corrected chi connectivity index (χ1v) is 11.6. The minimum Gasteiger partial charge on any atom is -0.338 e. The molecule has 0 bridgehead atoms. The molecule has 2 aromatic heterocycles. The summed E-state index contributed by atoms with van der Waals surface area (Å²) in [6, 6.07) is 4.58. The molecule has 0 aliphatic heterocycles. The number of halogens is 1. The molecule has 0 radical (unpaired) electrons. The van der Waals surface area contributed by atoms with Gasteiger partial charge in [-0.25, -0.2) is 17.8 Å². The Morgan fingerprint density at radius 3 is 2.79 bits per heavy atom. The Kier molecular flexibility index (Phi) is 6.24. The van der Waals surface area contributed by atoms with Gasteiger partial charge < -0.3 is 4.52 Å². The third-order valence-corrected chi connectivity index (χ3v) is 7.39. The molecule has 6 nitrogen and oxygen atoms in total. The van der Waals surface area contributed by atoms with Crippen LogP contribution in [0.15, 0.2) is 28.1 Å². The average molecular weight is 424 g/mol. The molecule has 0 saturated carbocycles. The Hall–Kier alpha value is -2.13. The lowest BCUT2D eigenvalue weighted by atomic mass is 10.1. The van der Waals surface area contributed by atoms with Gasteiger partial charge in [-0.1, -0.05) is 30.6 Å². The fourth-order valence-electron chi connectivity index (χ4n) is 2.59. The Morgan fingerprint density at radius 1 is 1.29 bits per heavy atom. The lowest BCUT2D eigenvalue weighted by molar-refractivity contribution is 0.377. The van der Waals surface area contributed by atoms with E-state index in [2.05, 4.69) is 22.0 Å². The molecule has 0 saturated heterocycles. The predicted octanol–water partition coefficient (Wildman–Crippen LogP) is 4.66. The van der Waals surface area contributed by atoms with Crippen molar-refractivity contribution in [3.63, 3.8) is 0 Å². The van der Waals surface area contributed by atoms with E-state index in [0.29, 0.717) is 16.8 Å². The third kappa shape index (κ3) is 4.64. The molecule has 150 valence electrons. The van der Waals surface area contributed by atoms with Crippen molar-refractivity contribution in [2.75, 3.05) is 0 Å². The number of benzene rings is 1. The zero-order chi connectivity index (χ0) is 20.3. The number of unbranched alkanes of at least 4 members (excludes halogenated alkanes) is 1. The maximum atomic E-state index is 13.8. The molecule has 0 aliphatic rings. The van der Waals surface area contributed by atoms with E-state index < -0.39 is 15.1 Å². The second-order valence-corrected chi connectivity index (χ2v) is 9.97. The molecule has 1 aromatic carbocycles. The number of aromatic nitrogens is 3. The first-order valence-electron chi connectivity index (χ1n) is 9.05. The monoisotopic (exact) mass is 423 g/mol. The van der Waals surface area contributed by atoms with Gasteiger partial charge in [-0.2, -0.15) is 4.98 Å². The molecule has 0 amide bonds. The third-order valence-electron chi connectivity index (χ3n) is 4.45. The van der Waals surface area contributed by atoms with Gasteiger partial charge in [0, 0.05) is 10.9 Å². The molecule has 3 aromatic rings. The maximum Gasteiger partial charge on any atom is 0.245 e. The molecule has 28 heavy (non-hydrogen) atoms. The van der Waals surface area contributed by atoms with Crippen LogP contribution in [0.25, 0.3) is 11.4 Å². The minimum atomic E-state index is -3.58. The van der Waals surface area contributed by atoms with Gasteiger partial charge in [-0.3, -0.25) is 0 Å². The van der Waals surface area contributed by atoms with E-state index in [0.717, 1.165) is 24.3 Å². The topological polar surface area (TPSA) is 86.0 Å². The van der Waals surface area contributed by atoms with E-state index in [-0.39, 0.29) is 23.3 Å². The largest absolute Gasteiger partial charge is 0.338 e. The standard InChI is InChI=1S/C19H22FN3O3S2/c1-4-5-6-17-21-15(10-27-17)11-28(24,25)13(3)19-22-18(23-26-19)14-8-7-12(2)16(20)9-14/h7-10,13H,4-6,11H2,1-3H3. The van der Waals surface area contributed by atoms with Crippen LogP contribution in [0.2, 0.25) is 0 Å². The van der Waals surface area contributed by atoms with Gasteiger partial charge >= 0.3 is 0 Å². The van der Waals surface area contributed by atoms with E-state index in [1.165, 1.54) is 24.3 Å². The Labute approximate surface area is 167 Å². The Balaban J connectivity index is 1.75. The van der Waals surface area contributed by atoms with Gasteiger partial charge in [0.2, 0.25) is 11.7 Å². The molecular weight excluding hydrogens is 401 g/mol. The van der Waals surface area contributed by atoms with Gasteiger partial charge in [-0.05, 0) is 38.3 Å². The molecule has 0 fully saturated rings. The highest BCUT2D eigenvalue weighted by molar-refractivity contribution is 7.90. The van der Waals surface area contributed by atoms with Crippen LogP contribution in [0.5, 0.6) is 0 Å². The van der Waals surface area contributed by atoms with Crippen molar-refractivity contribution in [3.05, 3.63) is 51.6 Å². The smallest absolute Gasteiger partial charge is 0.245 e. The number of rotatable bonds is 8. The SMILES string of the molecule is CCCCc1nc(CS(=O)(=O)C(C)c2nc(-c3ccc(C)c(F)c3)no2)cs1. The minimum absolute atomic E-state index is 0.0163. The molecule has 0 aliphatic carbocycles. The second-order valence-electron chi connectivity index (χ2n) is 6.71. The highest BCUT2D eigenvalue weighted by Crippen LogP contribution is 2.27. The number of nitrogens with zero attached hydrogens (tertiary/aromatic N) is 3. The van der Waals surface area contributed by atoms with E-state index in [1.807, 2.05) is 0 Å². The van der Waals surface area contributed by atoms with Gasteiger partial charge in [0.05, 0.1) is 16.5 Å². The first-order chi connectivity index (χ1) is 13.3. The summed E-state index contributed by atoms with van der Waals surface area (Å²) in [4.78, 5) is 8.57. The van der Waals surface area contributed by atoms with Crippen LogP contribution in [-0.2, 0) is 22.0 Å². The molecule has 0 spiro atoms. The van der Waals surface area contributed by atoms with Gasteiger partial charge in [0.25, 0.3) is 0 Å². The number of aryl methyl sites for hydroxylation is 2. The molecule has 3 rings (SSSR count). The fraction of sp³-hybridized carbons (Fsp3) is 0.421. The van der Waals surface area contributed by atoms with Crippen LogP contribution < -0.4 is 0 Å². The Bertz CT molecular complexity index is 1060. The van der Waals surface area contributed by atoms with Crippen molar-refractivity contribution in [2.24, 2.45) is 0 Å². The summed E-state index contributed by atoms with van der Waals surface area (Å²) in [5, 5.41) is 5.55. The first kappa shape index (κ1) is 20.6. The van der Waals surface area contributed by atoms with Crippen LogP contribution in [0.3, 0.4) is 0 Å². The summed E-state index contributed by atoms with van der Waals surface area (Å²) in [6.07, 6.45) is 2.95. The lowest BCUT2D eigenvalue weighted by Gasteiger charge is -2.07. The molecule has 2 heterocycles. The van der Waals surface area contributed by atoms with E-state index >= 15 is 0 Å². The van der Waals surface area contributed by atoms with Crippen LogP contribution >= 0.6 is 11.3 Å². The van der Waals surface area contributed by atoms with Crippen LogP contribution in [0.1, 0.15) is 54.1 Å². The zero-order valence-corrected chi connectivity index (χ0v) is 17.6. The molecule has 1 atom stereocenters. The predicted molar refractivity (Wildman–Crippen MR) is 106 cm³/mol. The van der Waals surface area contributed by atoms with Gasteiger partial charge in [0.15, 0.2) is 9.84 Å². The summed E-state index contributed by atoms with van der Waals surface area (Å²) in [5.74, 6) is -0.427. The normalized spacial score (nSPS) is 13.0. The second kappa shape index (κ2) is 8.48. The molecule has 9 heteroatoms.